The van der Waals surface area contributed by atoms with E-state index in [0.717, 1.165) is 24.0 Å². The second-order valence-corrected chi connectivity index (χ2v) is 16.3. The molecule has 0 heterocycles. The van der Waals surface area contributed by atoms with E-state index in [1.807, 2.05) is 24.3 Å². The summed E-state index contributed by atoms with van der Waals surface area (Å²) in [5, 5.41) is 0.320. The zero-order valence-corrected chi connectivity index (χ0v) is 22.7. The van der Waals surface area contributed by atoms with E-state index in [0.29, 0.717) is 0 Å². The standard InChI is InChI=1S/C28H45O3P/c1-25(2,3)19-27(7,8)21-11-15-23(16-12-21)32(29,30,31)24-17-13-22(14-18-24)28(9,10)20-26(4,5)6/h11-18,29-31H,19-20H2,1-10H3. The summed E-state index contributed by atoms with van der Waals surface area (Å²) in [5.74, 6) is 0. The topological polar surface area (TPSA) is 60.7 Å². The molecular weight excluding hydrogens is 415 g/mol. The summed E-state index contributed by atoms with van der Waals surface area (Å²) in [5.41, 5.74) is 2.45. The summed E-state index contributed by atoms with van der Waals surface area (Å²) in [4.78, 5) is 33.4. The molecular formula is C28H45O3P. The first kappa shape index (κ1) is 27.0. The molecule has 0 unspecified atom stereocenters. The number of rotatable bonds is 6. The maximum absolute atomic E-state index is 11.1. The molecule has 0 atom stereocenters. The van der Waals surface area contributed by atoms with Crippen molar-refractivity contribution in [2.75, 3.05) is 0 Å². The molecule has 0 radical (unpaired) electrons. The third kappa shape index (κ3) is 6.41. The van der Waals surface area contributed by atoms with Crippen molar-refractivity contribution in [3.8, 4) is 0 Å². The third-order valence-electron chi connectivity index (χ3n) is 6.19. The van der Waals surface area contributed by atoms with Crippen molar-refractivity contribution < 1.29 is 14.7 Å². The van der Waals surface area contributed by atoms with Gasteiger partial charge in [-0.3, -0.25) is 0 Å². The zero-order valence-electron chi connectivity index (χ0n) is 21.8. The Kier molecular flexibility index (Phi) is 6.92. The summed E-state index contributed by atoms with van der Waals surface area (Å²) in [7, 11) is -5.21. The molecule has 3 nitrogen and oxygen atoms in total. The van der Waals surface area contributed by atoms with Gasteiger partial charge >= 0.3 is 196 Å². The number of hydrogen-bond donors (Lipinski definition) is 3. The Labute approximate surface area is 196 Å². The van der Waals surface area contributed by atoms with Crippen molar-refractivity contribution in [1.82, 2.24) is 0 Å². The minimum absolute atomic E-state index is 0.0616. The molecule has 2 aromatic rings. The second-order valence-electron chi connectivity index (χ2n) is 13.3. The Bertz CT molecular complexity index is 841. The molecule has 32 heavy (non-hydrogen) atoms. The van der Waals surface area contributed by atoms with Crippen LogP contribution in [0.2, 0.25) is 0 Å². The molecule has 3 N–H and O–H groups in total. The molecule has 0 saturated heterocycles. The summed E-state index contributed by atoms with van der Waals surface area (Å²) < 4.78 is 0. The van der Waals surface area contributed by atoms with Crippen molar-refractivity contribution in [2.45, 2.75) is 92.9 Å². The monoisotopic (exact) mass is 460 g/mol. The van der Waals surface area contributed by atoms with Crippen LogP contribution in [-0.4, -0.2) is 14.7 Å². The molecule has 2 aromatic carbocycles. The average molecular weight is 461 g/mol. The molecule has 0 aromatic heterocycles. The van der Waals surface area contributed by atoms with E-state index >= 15 is 0 Å². The van der Waals surface area contributed by atoms with Crippen LogP contribution in [0.1, 0.15) is 93.2 Å². The van der Waals surface area contributed by atoms with Gasteiger partial charge in [-0.05, 0) is 0 Å². The molecule has 0 amide bonds. The molecule has 0 aliphatic carbocycles. The normalized spacial score (nSPS) is 15.3. The molecule has 0 aliphatic heterocycles. The SMILES string of the molecule is CC(C)(C)CC(C)(C)c1ccc(P(O)(O)(O)c2ccc(C(C)(C)CC(C)(C)C)cc2)cc1. The van der Waals surface area contributed by atoms with Crippen LogP contribution >= 0.6 is 7.28 Å². The van der Waals surface area contributed by atoms with Crippen molar-refractivity contribution in [3.05, 3.63) is 59.7 Å². The van der Waals surface area contributed by atoms with Crippen LogP contribution in [0.5, 0.6) is 0 Å². The van der Waals surface area contributed by atoms with Crippen molar-refractivity contribution in [3.63, 3.8) is 0 Å². The molecule has 0 saturated carbocycles. The van der Waals surface area contributed by atoms with Crippen LogP contribution in [0, 0.1) is 10.8 Å². The number of benzene rings is 2. The van der Waals surface area contributed by atoms with E-state index in [9.17, 15) is 14.7 Å². The van der Waals surface area contributed by atoms with E-state index in [4.69, 9.17) is 0 Å². The van der Waals surface area contributed by atoms with Gasteiger partial charge in [-0.25, -0.2) is 0 Å². The van der Waals surface area contributed by atoms with Crippen molar-refractivity contribution >= 4 is 17.9 Å². The van der Waals surface area contributed by atoms with Crippen LogP contribution in [0.4, 0.5) is 0 Å². The quantitative estimate of drug-likeness (QED) is 0.441. The van der Waals surface area contributed by atoms with Crippen LogP contribution in [0.3, 0.4) is 0 Å². The Morgan fingerprint density at radius 1 is 0.500 bits per heavy atom. The summed E-state index contributed by atoms with van der Waals surface area (Å²) >= 11 is 0. The van der Waals surface area contributed by atoms with E-state index in [2.05, 4.69) is 69.2 Å². The number of hydrogen-bond acceptors (Lipinski definition) is 3. The van der Waals surface area contributed by atoms with Crippen molar-refractivity contribution in [1.29, 1.82) is 0 Å². The third-order valence-corrected chi connectivity index (χ3v) is 8.69. The first-order valence-electron chi connectivity index (χ1n) is 11.6. The molecule has 180 valence electrons. The van der Waals surface area contributed by atoms with Gasteiger partial charge in [0.25, 0.3) is 0 Å². The molecule has 0 spiro atoms. The van der Waals surface area contributed by atoms with E-state index < -0.39 is 7.28 Å². The van der Waals surface area contributed by atoms with E-state index in [-0.39, 0.29) is 32.3 Å². The van der Waals surface area contributed by atoms with Gasteiger partial charge in [0.15, 0.2) is 0 Å². The van der Waals surface area contributed by atoms with Gasteiger partial charge in [0.1, 0.15) is 0 Å². The Morgan fingerprint density at radius 3 is 0.969 bits per heavy atom. The van der Waals surface area contributed by atoms with Crippen LogP contribution in [0.25, 0.3) is 0 Å². The second kappa shape index (κ2) is 8.20. The summed E-state index contributed by atoms with van der Waals surface area (Å²) in [6.45, 7) is 22.1. The minimum atomic E-state index is -5.21. The zero-order chi connectivity index (χ0) is 24.8. The Hall–Kier alpha value is -1.25. The van der Waals surface area contributed by atoms with Gasteiger partial charge in [-0.2, -0.15) is 0 Å². The fourth-order valence-corrected chi connectivity index (χ4v) is 7.07. The Balaban J connectivity index is 2.37. The molecule has 0 fully saturated rings. The van der Waals surface area contributed by atoms with Gasteiger partial charge in [-0.1, -0.05) is 0 Å². The van der Waals surface area contributed by atoms with Gasteiger partial charge in [-0.15, -0.1) is 0 Å². The molecule has 0 bridgehead atoms. The van der Waals surface area contributed by atoms with E-state index in [1.165, 1.54) is 0 Å². The fourth-order valence-electron chi connectivity index (χ4n) is 5.38. The van der Waals surface area contributed by atoms with Crippen LogP contribution in [0.15, 0.2) is 48.5 Å². The molecule has 2 rings (SSSR count). The predicted molar refractivity (Wildman–Crippen MR) is 140 cm³/mol. The van der Waals surface area contributed by atoms with Gasteiger partial charge in [0, 0.05) is 0 Å². The first-order chi connectivity index (χ1) is 14.1. The fraction of sp³-hybridized carbons (Fsp3) is 0.571. The predicted octanol–water partition coefficient (Wildman–Crippen LogP) is 6.34. The van der Waals surface area contributed by atoms with Gasteiger partial charge < -0.3 is 0 Å². The van der Waals surface area contributed by atoms with Crippen LogP contribution in [-0.2, 0) is 10.8 Å². The van der Waals surface area contributed by atoms with Crippen molar-refractivity contribution in [2.24, 2.45) is 10.8 Å². The Morgan fingerprint density at radius 2 is 0.750 bits per heavy atom. The molecule has 0 aliphatic rings. The summed E-state index contributed by atoms with van der Waals surface area (Å²) in [6, 6.07) is 14.3. The first-order valence-corrected chi connectivity index (χ1v) is 13.7. The van der Waals surface area contributed by atoms with Gasteiger partial charge in [0.2, 0.25) is 0 Å². The van der Waals surface area contributed by atoms with E-state index in [1.54, 1.807) is 24.3 Å². The molecule has 4 heteroatoms. The summed E-state index contributed by atoms with van der Waals surface area (Å²) in [6.07, 6.45) is 1.98. The average Bonchev–Trinajstić information content (AvgIpc) is 2.58. The van der Waals surface area contributed by atoms with Gasteiger partial charge in [0.05, 0.1) is 0 Å². The maximum atomic E-state index is 11.1. The van der Waals surface area contributed by atoms with Crippen LogP contribution < -0.4 is 10.6 Å².